The van der Waals surface area contributed by atoms with Gasteiger partial charge in [-0.15, -0.1) is 0 Å². The molecule has 1 N–H and O–H groups in total. The summed E-state index contributed by atoms with van der Waals surface area (Å²) in [4.78, 5) is 8.18. The summed E-state index contributed by atoms with van der Waals surface area (Å²) in [6, 6.07) is 1.82. The number of ether oxygens (including phenoxy) is 2. The van der Waals surface area contributed by atoms with Crippen LogP contribution in [0.4, 0.5) is 5.82 Å². The van der Waals surface area contributed by atoms with Crippen molar-refractivity contribution < 1.29 is 9.47 Å². The summed E-state index contributed by atoms with van der Waals surface area (Å²) in [5.74, 6) is 1.41. The molecule has 1 aromatic heterocycles. The molecule has 0 saturated carbocycles. The van der Waals surface area contributed by atoms with E-state index in [2.05, 4.69) is 22.2 Å². The maximum atomic E-state index is 5.46. The third kappa shape index (κ3) is 6.39. The Kier molecular flexibility index (Phi) is 7.10. The van der Waals surface area contributed by atoms with Crippen LogP contribution in [0.5, 0.6) is 5.88 Å². The zero-order valence-corrected chi connectivity index (χ0v) is 11.5. The number of aromatic nitrogens is 2. The molecule has 0 amide bonds. The van der Waals surface area contributed by atoms with E-state index in [0.29, 0.717) is 12.5 Å². The van der Waals surface area contributed by atoms with Gasteiger partial charge >= 0.3 is 0 Å². The van der Waals surface area contributed by atoms with Crippen LogP contribution in [0.2, 0.25) is 0 Å². The van der Waals surface area contributed by atoms with E-state index in [-0.39, 0.29) is 6.10 Å². The zero-order valence-electron chi connectivity index (χ0n) is 11.5. The van der Waals surface area contributed by atoms with Gasteiger partial charge in [-0.05, 0) is 26.7 Å². The molecule has 0 aliphatic heterocycles. The monoisotopic (exact) mass is 253 g/mol. The van der Waals surface area contributed by atoms with Crippen LogP contribution < -0.4 is 10.1 Å². The molecule has 0 unspecified atom stereocenters. The molecule has 102 valence electrons. The molecule has 1 aromatic rings. The standard InChI is InChI=1S/C13H23N3O2/c1-4-7-18-13-9-12(15-10-16-13)14-6-5-8-17-11(2)3/h9-11H,4-8H2,1-3H3,(H,14,15,16). The van der Waals surface area contributed by atoms with Crippen molar-refractivity contribution in [1.82, 2.24) is 9.97 Å². The SMILES string of the molecule is CCCOc1cc(NCCCOC(C)C)ncn1. The highest BCUT2D eigenvalue weighted by Gasteiger charge is 1.99. The van der Waals surface area contributed by atoms with E-state index in [1.165, 1.54) is 6.33 Å². The lowest BCUT2D eigenvalue weighted by Crippen LogP contribution is -2.10. The fourth-order valence-electron chi connectivity index (χ4n) is 1.33. The molecule has 0 atom stereocenters. The second-order valence-electron chi connectivity index (χ2n) is 4.29. The molecule has 5 nitrogen and oxygen atoms in total. The van der Waals surface area contributed by atoms with Crippen LogP contribution in [0.15, 0.2) is 12.4 Å². The summed E-state index contributed by atoms with van der Waals surface area (Å²) in [6.45, 7) is 8.41. The lowest BCUT2D eigenvalue weighted by molar-refractivity contribution is 0.0787. The Morgan fingerprint density at radius 2 is 2.11 bits per heavy atom. The lowest BCUT2D eigenvalue weighted by atomic mass is 10.4. The Balaban J connectivity index is 2.24. The first kappa shape index (κ1) is 14.7. The number of anilines is 1. The van der Waals surface area contributed by atoms with Crippen LogP contribution in [0.25, 0.3) is 0 Å². The van der Waals surface area contributed by atoms with E-state index < -0.39 is 0 Å². The van der Waals surface area contributed by atoms with Gasteiger partial charge in [0, 0.05) is 19.2 Å². The number of nitrogens with zero attached hydrogens (tertiary/aromatic N) is 2. The van der Waals surface area contributed by atoms with Gasteiger partial charge in [-0.1, -0.05) is 6.92 Å². The number of hydrogen-bond acceptors (Lipinski definition) is 5. The number of hydrogen-bond donors (Lipinski definition) is 1. The van der Waals surface area contributed by atoms with E-state index >= 15 is 0 Å². The van der Waals surface area contributed by atoms with E-state index in [1.54, 1.807) is 0 Å². The van der Waals surface area contributed by atoms with E-state index in [4.69, 9.17) is 9.47 Å². The topological polar surface area (TPSA) is 56.3 Å². The van der Waals surface area contributed by atoms with Gasteiger partial charge in [-0.25, -0.2) is 9.97 Å². The second kappa shape index (κ2) is 8.69. The molecule has 0 fully saturated rings. The summed E-state index contributed by atoms with van der Waals surface area (Å²) in [5.41, 5.74) is 0. The predicted octanol–water partition coefficient (Wildman–Crippen LogP) is 2.49. The largest absolute Gasteiger partial charge is 0.478 e. The minimum atomic E-state index is 0.290. The van der Waals surface area contributed by atoms with Crippen LogP contribution in [0.1, 0.15) is 33.6 Å². The molecular formula is C13H23N3O2. The number of nitrogens with one attached hydrogen (secondary N) is 1. The molecule has 5 heteroatoms. The first-order chi connectivity index (χ1) is 8.72. The normalized spacial score (nSPS) is 10.7. The molecule has 0 spiro atoms. The molecule has 1 rings (SSSR count). The smallest absolute Gasteiger partial charge is 0.218 e. The van der Waals surface area contributed by atoms with E-state index in [9.17, 15) is 0 Å². The van der Waals surface area contributed by atoms with Crippen molar-refractivity contribution in [3.8, 4) is 5.88 Å². The van der Waals surface area contributed by atoms with Gasteiger partial charge in [-0.3, -0.25) is 0 Å². The van der Waals surface area contributed by atoms with Crippen LogP contribution in [0, 0.1) is 0 Å². The van der Waals surface area contributed by atoms with Gasteiger partial charge in [0.25, 0.3) is 0 Å². The number of rotatable bonds is 9. The molecule has 0 aliphatic rings. The minimum Gasteiger partial charge on any atom is -0.478 e. The maximum Gasteiger partial charge on any atom is 0.218 e. The van der Waals surface area contributed by atoms with Crippen LogP contribution in [0.3, 0.4) is 0 Å². The van der Waals surface area contributed by atoms with E-state index in [0.717, 1.165) is 31.8 Å². The van der Waals surface area contributed by atoms with Gasteiger partial charge in [0.15, 0.2) is 0 Å². The second-order valence-corrected chi connectivity index (χ2v) is 4.29. The zero-order chi connectivity index (χ0) is 13.2. The highest BCUT2D eigenvalue weighted by Crippen LogP contribution is 2.11. The van der Waals surface area contributed by atoms with Crippen molar-refractivity contribution in [2.45, 2.75) is 39.7 Å². The van der Waals surface area contributed by atoms with Crippen molar-refractivity contribution in [3.05, 3.63) is 12.4 Å². The maximum absolute atomic E-state index is 5.46. The van der Waals surface area contributed by atoms with Gasteiger partial charge in [0.1, 0.15) is 12.1 Å². The third-order valence-corrected chi connectivity index (χ3v) is 2.17. The Morgan fingerprint density at radius 1 is 1.28 bits per heavy atom. The van der Waals surface area contributed by atoms with Gasteiger partial charge in [0.2, 0.25) is 5.88 Å². The summed E-state index contributed by atoms with van der Waals surface area (Å²) in [5, 5.41) is 3.22. The van der Waals surface area contributed by atoms with Crippen molar-refractivity contribution in [2.75, 3.05) is 25.1 Å². The van der Waals surface area contributed by atoms with E-state index in [1.807, 2.05) is 19.9 Å². The summed E-state index contributed by atoms with van der Waals surface area (Å²) < 4.78 is 10.9. The fraction of sp³-hybridized carbons (Fsp3) is 0.692. The molecule has 0 bridgehead atoms. The minimum absolute atomic E-state index is 0.290. The summed E-state index contributed by atoms with van der Waals surface area (Å²) in [6.07, 6.45) is 3.73. The van der Waals surface area contributed by atoms with Crippen molar-refractivity contribution in [2.24, 2.45) is 0 Å². The van der Waals surface area contributed by atoms with Crippen molar-refractivity contribution in [3.63, 3.8) is 0 Å². The average molecular weight is 253 g/mol. The Labute approximate surface area is 109 Å². The first-order valence-electron chi connectivity index (χ1n) is 6.52. The lowest BCUT2D eigenvalue weighted by Gasteiger charge is -2.09. The van der Waals surface area contributed by atoms with Gasteiger partial charge < -0.3 is 14.8 Å². The predicted molar refractivity (Wildman–Crippen MR) is 72.0 cm³/mol. The average Bonchev–Trinajstić information content (AvgIpc) is 2.36. The van der Waals surface area contributed by atoms with Crippen LogP contribution in [-0.4, -0.2) is 35.8 Å². The Bertz CT molecular complexity index is 332. The first-order valence-corrected chi connectivity index (χ1v) is 6.52. The Hall–Kier alpha value is -1.36. The molecule has 18 heavy (non-hydrogen) atoms. The van der Waals surface area contributed by atoms with Crippen molar-refractivity contribution in [1.29, 1.82) is 0 Å². The Morgan fingerprint density at radius 3 is 2.83 bits per heavy atom. The quantitative estimate of drug-likeness (QED) is 0.685. The molecule has 0 radical (unpaired) electrons. The molecule has 0 aromatic carbocycles. The highest BCUT2D eigenvalue weighted by atomic mass is 16.5. The third-order valence-electron chi connectivity index (χ3n) is 2.17. The fourth-order valence-corrected chi connectivity index (χ4v) is 1.33. The van der Waals surface area contributed by atoms with Crippen LogP contribution in [-0.2, 0) is 4.74 Å². The summed E-state index contributed by atoms with van der Waals surface area (Å²) >= 11 is 0. The molecule has 0 saturated heterocycles. The summed E-state index contributed by atoms with van der Waals surface area (Å²) in [7, 11) is 0. The molecule has 0 aliphatic carbocycles. The highest BCUT2D eigenvalue weighted by molar-refractivity contribution is 5.36. The van der Waals surface area contributed by atoms with Crippen molar-refractivity contribution >= 4 is 5.82 Å². The van der Waals surface area contributed by atoms with Gasteiger partial charge in [-0.2, -0.15) is 0 Å². The molecular weight excluding hydrogens is 230 g/mol. The van der Waals surface area contributed by atoms with Crippen LogP contribution >= 0.6 is 0 Å². The van der Waals surface area contributed by atoms with Gasteiger partial charge in [0.05, 0.1) is 12.7 Å². The molecule has 1 heterocycles.